The summed E-state index contributed by atoms with van der Waals surface area (Å²) >= 11 is 0. The lowest BCUT2D eigenvalue weighted by Crippen LogP contribution is -2.49. The molecule has 0 bridgehead atoms. The van der Waals surface area contributed by atoms with E-state index >= 15 is 0 Å². The monoisotopic (exact) mass is 304 g/mol. The van der Waals surface area contributed by atoms with E-state index in [0.717, 1.165) is 24.8 Å². The minimum atomic E-state index is 0.109. The van der Waals surface area contributed by atoms with Crippen molar-refractivity contribution in [3.63, 3.8) is 0 Å². The minimum absolute atomic E-state index is 0.109. The van der Waals surface area contributed by atoms with Crippen molar-refractivity contribution in [2.75, 3.05) is 0 Å². The van der Waals surface area contributed by atoms with Crippen LogP contribution in [-0.2, 0) is 11.2 Å². The molecule has 0 saturated heterocycles. The second kappa shape index (κ2) is 7.73. The van der Waals surface area contributed by atoms with Gasteiger partial charge in [-0.2, -0.15) is 0 Å². The summed E-state index contributed by atoms with van der Waals surface area (Å²) in [7, 11) is 0. The second-order valence-electron chi connectivity index (χ2n) is 6.85. The molecular formula is C18H28N2O2. The number of nitrogens with one attached hydrogen (secondary N) is 1. The summed E-state index contributed by atoms with van der Waals surface area (Å²) in [6.07, 6.45) is 5.46. The van der Waals surface area contributed by atoms with Crippen LogP contribution in [0.2, 0.25) is 0 Å². The number of pyridine rings is 1. The molecular weight excluding hydrogens is 276 g/mol. The number of aryl methyl sites for hydroxylation is 1. The molecule has 1 aliphatic rings. The molecule has 1 N–H and O–H groups in total. The van der Waals surface area contributed by atoms with E-state index in [9.17, 15) is 4.79 Å². The van der Waals surface area contributed by atoms with E-state index in [2.05, 4.69) is 24.1 Å². The number of ether oxygens (including phenoxy) is 1. The molecule has 0 radical (unpaired) electrons. The van der Waals surface area contributed by atoms with Gasteiger partial charge in [-0.05, 0) is 30.9 Å². The van der Waals surface area contributed by atoms with E-state index in [1.54, 1.807) is 6.20 Å². The molecule has 1 heterocycles. The molecule has 1 saturated carbocycles. The molecule has 22 heavy (non-hydrogen) atoms. The van der Waals surface area contributed by atoms with Gasteiger partial charge >= 0.3 is 0 Å². The first-order valence-corrected chi connectivity index (χ1v) is 8.34. The average molecular weight is 304 g/mol. The molecule has 4 nitrogen and oxygen atoms in total. The van der Waals surface area contributed by atoms with E-state index in [0.29, 0.717) is 30.2 Å². The smallest absolute Gasteiger partial charge is 0.213 e. The van der Waals surface area contributed by atoms with Crippen LogP contribution in [0.25, 0.3) is 0 Å². The Morgan fingerprint density at radius 3 is 2.73 bits per heavy atom. The van der Waals surface area contributed by atoms with Gasteiger partial charge in [0.15, 0.2) is 0 Å². The highest BCUT2D eigenvalue weighted by atomic mass is 16.5. The van der Waals surface area contributed by atoms with Gasteiger partial charge in [0.2, 0.25) is 5.88 Å². The number of Topliss-reactive ketones (excluding diaryl/α,β-unsaturated/α-hetero) is 1. The Balaban J connectivity index is 1.79. The highest BCUT2D eigenvalue weighted by Crippen LogP contribution is 2.25. The van der Waals surface area contributed by atoms with Crippen LogP contribution in [0.5, 0.6) is 5.88 Å². The number of rotatable bonds is 8. The molecule has 4 heteroatoms. The van der Waals surface area contributed by atoms with Gasteiger partial charge in [0.1, 0.15) is 11.9 Å². The zero-order valence-electron chi connectivity index (χ0n) is 14.1. The standard InChI is InChI=1S/C18H28N2O2/c1-12(2)17(21)6-5-14-7-8-19-18(9-14)22-16-10-15(11-16)20-13(3)4/h7-9,12-13,15-16,20H,5-6,10-11H2,1-4H3/t15-,16-. The molecule has 1 aliphatic carbocycles. The maximum Gasteiger partial charge on any atom is 0.213 e. The topological polar surface area (TPSA) is 51.2 Å². The predicted octanol–water partition coefficient (Wildman–Crippen LogP) is 3.15. The molecule has 1 aromatic rings. The van der Waals surface area contributed by atoms with Crippen molar-refractivity contribution in [2.45, 2.75) is 71.6 Å². The summed E-state index contributed by atoms with van der Waals surface area (Å²) < 4.78 is 5.92. The van der Waals surface area contributed by atoms with Gasteiger partial charge in [0.25, 0.3) is 0 Å². The second-order valence-corrected chi connectivity index (χ2v) is 6.85. The maximum atomic E-state index is 11.7. The largest absolute Gasteiger partial charge is 0.474 e. The van der Waals surface area contributed by atoms with Gasteiger partial charge in [0.05, 0.1) is 0 Å². The predicted molar refractivity (Wildman–Crippen MR) is 88.1 cm³/mol. The molecule has 0 aromatic carbocycles. The number of carbonyl (C=O) groups is 1. The minimum Gasteiger partial charge on any atom is -0.474 e. The highest BCUT2D eigenvalue weighted by Gasteiger charge is 2.31. The van der Waals surface area contributed by atoms with E-state index in [1.165, 1.54) is 0 Å². The van der Waals surface area contributed by atoms with Crippen molar-refractivity contribution < 1.29 is 9.53 Å². The zero-order chi connectivity index (χ0) is 16.1. The maximum absolute atomic E-state index is 11.7. The Bertz CT molecular complexity index is 494. The summed E-state index contributed by atoms with van der Waals surface area (Å²) in [6.45, 7) is 8.22. The molecule has 0 atom stereocenters. The fourth-order valence-electron chi connectivity index (χ4n) is 2.67. The normalized spacial score (nSPS) is 21.0. The van der Waals surface area contributed by atoms with Crippen LogP contribution >= 0.6 is 0 Å². The Morgan fingerprint density at radius 2 is 2.09 bits per heavy atom. The van der Waals surface area contributed by atoms with Crippen LogP contribution in [0.4, 0.5) is 0 Å². The molecule has 122 valence electrons. The van der Waals surface area contributed by atoms with Gasteiger partial charge in [-0.15, -0.1) is 0 Å². The summed E-state index contributed by atoms with van der Waals surface area (Å²) in [5.41, 5.74) is 1.12. The van der Waals surface area contributed by atoms with Crippen molar-refractivity contribution in [1.29, 1.82) is 0 Å². The quantitative estimate of drug-likeness (QED) is 0.801. The Labute approximate surface area is 133 Å². The van der Waals surface area contributed by atoms with Crippen LogP contribution in [0, 0.1) is 5.92 Å². The molecule has 2 rings (SSSR count). The van der Waals surface area contributed by atoms with Crippen molar-refractivity contribution in [3.8, 4) is 5.88 Å². The fourth-order valence-corrected chi connectivity index (χ4v) is 2.67. The lowest BCUT2D eigenvalue weighted by Gasteiger charge is -2.36. The van der Waals surface area contributed by atoms with Crippen molar-refractivity contribution in [1.82, 2.24) is 10.3 Å². The third-order valence-electron chi connectivity index (χ3n) is 4.05. The lowest BCUT2D eigenvalue weighted by atomic mass is 9.89. The van der Waals surface area contributed by atoms with Gasteiger partial charge in [0, 0.05) is 36.7 Å². The first-order valence-electron chi connectivity index (χ1n) is 8.34. The summed E-state index contributed by atoms with van der Waals surface area (Å²) in [5, 5.41) is 3.51. The van der Waals surface area contributed by atoms with Crippen LogP contribution in [0.15, 0.2) is 18.3 Å². The summed E-state index contributed by atoms with van der Waals surface area (Å²) in [4.78, 5) is 16.0. The van der Waals surface area contributed by atoms with Gasteiger partial charge in [-0.25, -0.2) is 4.98 Å². The third-order valence-corrected chi connectivity index (χ3v) is 4.05. The molecule has 0 amide bonds. The first kappa shape index (κ1) is 16.9. The van der Waals surface area contributed by atoms with E-state index in [4.69, 9.17) is 4.74 Å². The lowest BCUT2D eigenvalue weighted by molar-refractivity contribution is -0.121. The molecule has 1 fully saturated rings. The number of hydrogen-bond acceptors (Lipinski definition) is 4. The van der Waals surface area contributed by atoms with Crippen molar-refractivity contribution in [2.24, 2.45) is 5.92 Å². The Kier molecular flexibility index (Phi) is 5.95. The molecule has 0 spiro atoms. The summed E-state index contributed by atoms with van der Waals surface area (Å²) in [5.74, 6) is 1.10. The van der Waals surface area contributed by atoms with Gasteiger partial charge in [-0.3, -0.25) is 4.79 Å². The van der Waals surface area contributed by atoms with Crippen LogP contribution in [-0.4, -0.2) is 29.0 Å². The highest BCUT2D eigenvalue weighted by molar-refractivity contribution is 5.80. The average Bonchev–Trinajstić information content (AvgIpc) is 2.42. The summed E-state index contributed by atoms with van der Waals surface area (Å²) in [6, 6.07) is 5.02. The number of ketones is 1. The number of hydrogen-bond donors (Lipinski definition) is 1. The Morgan fingerprint density at radius 1 is 1.36 bits per heavy atom. The van der Waals surface area contributed by atoms with Crippen LogP contribution < -0.4 is 10.1 Å². The van der Waals surface area contributed by atoms with E-state index in [-0.39, 0.29) is 12.0 Å². The van der Waals surface area contributed by atoms with E-state index < -0.39 is 0 Å². The fraction of sp³-hybridized carbons (Fsp3) is 0.667. The van der Waals surface area contributed by atoms with E-state index in [1.807, 2.05) is 26.0 Å². The molecule has 0 unspecified atom stereocenters. The number of carbonyl (C=O) groups excluding carboxylic acids is 1. The number of aromatic nitrogens is 1. The van der Waals surface area contributed by atoms with Gasteiger partial charge in [-0.1, -0.05) is 27.7 Å². The first-order chi connectivity index (χ1) is 10.4. The van der Waals surface area contributed by atoms with Gasteiger partial charge < -0.3 is 10.1 Å². The SMILES string of the molecule is CC(C)N[C@H]1C[C@H](Oc2cc(CCC(=O)C(C)C)ccn2)C1. The zero-order valence-corrected chi connectivity index (χ0v) is 14.1. The van der Waals surface area contributed by atoms with Crippen LogP contribution in [0.1, 0.15) is 52.5 Å². The molecule has 0 aliphatic heterocycles. The van der Waals surface area contributed by atoms with Crippen molar-refractivity contribution in [3.05, 3.63) is 23.9 Å². The number of nitrogens with zero attached hydrogens (tertiary/aromatic N) is 1. The molecule has 1 aromatic heterocycles. The third kappa shape index (κ3) is 5.09. The Hall–Kier alpha value is -1.42. The van der Waals surface area contributed by atoms with Crippen molar-refractivity contribution >= 4 is 5.78 Å². The van der Waals surface area contributed by atoms with Crippen LogP contribution in [0.3, 0.4) is 0 Å².